The molecule has 0 amide bonds. The molecule has 0 N–H and O–H groups in total. The number of hydrogen-bond donors (Lipinski definition) is 2. The molecule has 0 spiro atoms. The van der Waals surface area contributed by atoms with Gasteiger partial charge in [0.05, 0.1) is 21.4 Å². The van der Waals surface area contributed by atoms with Crippen LogP contribution >= 0.6 is 25.3 Å². The van der Waals surface area contributed by atoms with E-state index in [4.69, 9.17) is 0 Å². The molecule has 0 fully saturated rings. The van der Waals surface area contributed by atoms with Crippen molar-refractivity contribution in [2.75, 3.05) is 0 Å². The summed E-state index contributed by atoms with van der Waals surface area (Å²) in [4.78, 5) is 22.7. The Morgan fingerprint density at radius 2 is 0.569 bits per heavy atom. The van der Waals surface area contributed by atoms with Gasteiger partial charge in [0.25, 0.3) is 0 Å². The summed E-state index contributed by atoms with van der Waals surface area (Å²) in [5.74, 6) is -1.96. The van der Waals surface area contributed by atoms with Crippen LogP contribution in [0.15, 0.2) is 0 Å². The van der Waals surface area contributed by atoms with Crippen LogP contribution in [0.5, 0.6) is 0 Å². The van der Waals surface area contributed by atoms with E-state index in [9.17, 15) is 19.8 Å². The number of carbonyl (C=O) groups is 2. The van der Waals surface area contributed by atoms with E-state index in [1.165, 1.54) is 128 Å². The first-order valence-electron chi connectivity index (χ1n) is 22.1. The predicted octanol–water partition coefficient (Wildman–Crippen LogP) is 12.9. The minimum absolute atomic E-state index is 0.149. The molecular formula is C44H88O4S2Sn. The molecule has 0 radical (unpaired) electrons. The van der Waals surface area contributed by atoms with Crippen molar-refractivity contribution < 1.29 is 19.8 Å². The number of thiol groups is 2. The Hall–Kier alpha value is 0.439. The Morgan fingerprint density at radius 1 is 0.373 bits per heavy atom. The average Bonchev–Trinajstić information content (AvgIpc) is 3.11. The van der Waals surface area contributed by atoms with E-state index in [0.717, 1.165) is 51.4 Å². The molecule has 0 saturated carbocycles. The van der Waals surface area contributed by atoms with E-state index in [2.05, 4.69) is 66.8 Å². The van der Waals surface area contributed by atoms with Gasteiger partial charge in [-0.2, -0.15) is 25.3 Å². The van der Waals surface area contributed by atoms with Crippen LogP contribution in [0.2, 0.25) is 8.87 Å². The van der Waals surface area contributed by atoms with Crippen molar-refractivity contribution in [1.29, 1.82) is 0 Å². The van der Waals surface area contributed by atoms with Gasteiger partial charge in [0, 0.05) is 0 Å². The Morgan fingerprint density at radius 3 is 0.765 bits per heavy atom. The molecule has 0 aliphatic rings. The molecule has 7 heteroatoms. The number of rotatable bonds is 36. The van der Waals surface area contributed by atoms with Crippen molar-refractivity contribution >= 4 is 58.3 Å². The number of hydrogen-bond acceptors (Lipinski definition) is 6. The number of carboxylic acid groups (broad SMARTS) is 2. The summed E-state index contributed by atoms with van der Waals surface area (Å²) in [6, 6.07) is 0. The first kappa shape index (κ1) is 55.8. The van der Waals surface area contributed by atoms with Crippen molar-refractivity contribution in [1.82, 2.24) is 0 Å². The molecule has 0 saturated heterocycles. The van der Waals surface area contributed by atoms with Crippen LogP contribution < -0.4 is 10.2 Å². The van der Waals surface area contributed by atoms with Crippen LogP contribution in [0, 0.1) is 0 Å². The van der Waals surface area contributed by atoms with Crippen LogP contribution in [0.25, 0.3) is 0 Å². The van der Waals surface area contributed by atoms with Crippen molar-refractivity contribution in [3.8, 4) is 0 Å². The van der Waals surface area contributed by atoms with Crippen LogP contribution in [0.4, 0.5) is 0 Å². The summed E-state index contributed by atoms with van der Waals surface area (Å²) in [7, 11) is 0. The second kappa shape index (κ2) is 43.2. The van der Waals surface area contributed by atoms with E-state index >= 15 is 0 Å². The maximum absolute atomic E-state index is 11.4. The molecular weight excluding hydrogens is 775 g/mol. The van der Waals surface area contributed by atoms with E-state index in [-0.39, 0.29) is 21.1 Å². The summed E-state index contributed by atoms with van der Waals surface area (Å²) in [6.07, 6.45) is 36.7. The van der Waals surface area contributed by atoms with Crippen molar-refractivity contribution in [2.24, 2.45) is 0 Å². The summed E-state index contributed by atoms with van der Waals surface area (Å²) in [5, 5.41) is 22.7. The van der Waals surface area contributed by atoms with E-state index in [0.29, 0.717) is 25.7 Å². The second-order valence-corrected chi connectivity index (χ2v) is 21.2. The molecule has 4 nitrogen and oxygen atoms in total. The first-order valence-corrected chi connectivity index (χ1v) is 27.1. The normalized spacial score (nSPS) is 11.3. The summed E-state index contributed by atoms with van der Waals surface area (Å²) in [6.45, 7) is 13.4. The molecule has 0 heterocycles. The van der Waals surface area contributed by atoms with Gasteiger partial charge in [-0.05, 0) is 25.7 Å². The predicted molar refractivity (Wildman–Crippen MR) is 231 cm³/mol. The van der Waals surface area contributed by atoms with Gasteiger partial charge >= 0.3 is 69.5 Å². The zero-order valence-electron chi connectivity index (χ0n) is 35.1. The molecule has 0 aromatic rings. The van der Waals surface area contributed by atoms with E-state index in [1.807, 2.05) is 0 Å². The Bertz CT molecular complexity index is 631. The third-order valence-corrected chi connectivity index (χ3v) is 15.2. The molecule has 0 bridgehead atoms. The monoisotopic (exact) mass is 865 g/mol. The first-order chi connectivity index (χ1) is 24.5. The number of unbranched alkanes of at least 4 members (excludes halogenated alkanes) is 22. The van der Waals surface area contributed by atoms with Crippen LogP contribution in [-0.4, -0.2) is 42.6 Å². The van der Waals surface area contributed by atoms with Gasteiger partial charge in [-0.15, -0.1) is 0 Å². The van der Waals surface area contributed by atoms with Crippen molar-refractivity contribution in [3.05, 3.63) is 0 Å². The van der Waals surface area contributed by atoms with Gasteiger partial charge in [0.15, 0.2) is 0 Å². The number of carboxylic acids is 2. The van der Waals surface area contributed by atoms with Gasteiger partial charge in [-0.25, -0.2) is 0 Å². The van der Waals surface area contributed by atoms with Crippen molar-refractivity contribution in [2.45, 2.75) is 265 Å². The zero-order chi connectivity index (χ0) is 38.9. The fourth-order valence-corrected chi connectivity index (χ4v) is 11.0. The van der Waals surface area contributed by atoms with Crippen LogP contribution in [0.1, 0.15) is 247 Å². The maximum atomic E-state index is 11.4. The molecule has 0 unspecified atom stereocenters. The average molecular weight is 864 g/mol. The molecule has 0 atom stereocenters. The van der Waals surface area contributed by atoms with Crippen LogP contribution in [0.3, 0.4) is 0 Å². The third-order valence-electron chi connectivity index (χ3n) is 9.95. The molecule has 0 aromatic heterocycles. The topological polar surface area (TPSA) is 80.3 Å². The SMILES string of the molecule is CCCCCCCCC(S)(CCCCCCCC)C(=O)[O-].CCCCCCCCC(S)(CCCCCCCC)C(=O)[O-].CCC[CH2][Sn+2][CH2]CCC. The summed E-state index contributed by atoms with van der Waals surface area (Å²) >= 11 is 9.03. The van der Waals surface area contributed by atoms with E-state index < -0.39 is 21.4 Å². The second-order valence-electron chi connectivity index (χ2n) is 15.2. The van der Waals surface area contributed by atoms with Gasteiger partial charge < -0.3 is 19.8 Å². The fourth-order valence-electron chi connectivity index (χ4n) is 6.18. The van der Waals surface area contributed by atoms with Gasteiger partial charge in [-0.1, -0.05) is 182 Å². The Balaban J connectivity index is -0.000000731. The molecule has 51 heavy (non-hydrogen) atoms. The quantitative estimate of drug-likeness (QED) is 0.0374. The van der Waals surface area contributed by atoms with Gasteiger partial charge in [0.1, 0.15) is 0 Å². The fraction of sp³-hybridized carbons (Fsp3) is 0.955. The Kier molecular flexibility index (Phi) is 47.2. The van der Waals surface area contributed by atoms with Gasteiger partial charge in [-0.3, -0.25) is 0 Å². The van der Waals surface area contributed by atoms with Crippen LogP contribution in [-0.2, 0) is 9.59 Å². The third kappa shape index (κ3) is 39.9. The number of aliphatic carboxylic acids is 2. The molecule has 0 aromatic carbocycles. The molecule has 304 valence electrons. The Labute approximate surface area is 341 Å². The standard InChI is InChI=1S/2C18H36O2S.2C4H9.Sn/c2*1-3-5-7-9-11-13-15-18(21,17(19)20)16-14-12-10-8-6-4-2;2*1-3-4-2;/h2*21H,3-16H2,1-2H3,(H,19,20);2*1,3-4H2,2H3;/q;;;;+2/p-2. The summed E-state index contributed by atoms with van der Waals surface area (Å²) in [5.41, 5.74) is 0. The molecule has 0 rings (SSSR count). The minimum atomic E-state index is -0.979. The van der Waals surface area contributed by atoms with Crippen molar-refractivity contribution in [3.63, 3.8) is 0 Å². The van der Waals surface area contributed by atoms with Gasteiger partial charge in [0.2, 0.25) is 0 Å². The molecule has 0 aliphatic heterocycles. The summed E-state index contributed by atoms with van der Waals surface area (Å²) < 4.78 is 1.44. The number of carbonyl (C=O) groups excluding carboxylic acids is 2. The molecule has 0 aliphatic carbocycles. The van der Waals surface area contributed by atoms with E-state index in [1.54, 1.807) is 8.87 Å². The zero-order valence-corrected chi connectivity index (χ0v) is 39.7.